The second-order valence-electron chi connectivity index (χ2n) is 2.03. The molecule has 1 rings (SSSR count). The minimum atomic E-state index is 0.878. The van der Waals surface area contributed by atoms with Gasteiger partial charge in [0.2, 0.25) is 0 Å². The topological polar surface area (TPSA) is 17.8 Å². The summed E-state index contributed by atoms with van der Waals surface area (Å²) in [5.74, 6) is 0.967. The highest BCUT2D eigenvalue weighted by Crippen LogP contribution is 2.08. The van der Waals surface area contributed by atoms with E-state index >= 15 is 0 Å². The van der Waals surface area contributed by atoms with Gasteiger partial charge < -0.3 is 4.57 Å². The number of aromatic nitrogens is 2. The Hall–Kier alpha value is -0.570. The van der Waals surface area contributed by atoms with Crippen LogP contribution >= 0.6 is 15.9 Å². The van der Waals surface area contributed by atoms with Crippen LogP contribution in [0.2, 0.25) is 0 Å². The fraction of sp³-hybridized carbons (Fsp3) is 0.286. The molecule has 0 radical (unpaired) electrons. The Bertz CT molecular complexity index is 250. The molecule has 0 fully saturated rings. The second kappa shape index (κ2) is 3.01. The molecule has 2 nitrogen and oxygen atoms in total. The fourth-order valence-electron chi connectivity index (χ4n) is 0.747. The van der Waals surface area contributed by atoms with Gasteiger partial charge in [0.05, 0.1) is 0 Å². The van der Waals surface area contributed by atoms with Crippen LogP contribution < -0.4 is 0 Å². The Kier molecular flexibility index (Phi) is 2.27. The van der Waals surface area contributed by atoms with Crippen molar-refractivity contribution >= 4 is 22.0 Å². The van der Waals surface area contributed by atoms with Gasteiger partial charge in [-0.1, -0.05) is 6.08 Å². The van der Waals surface area contributed by atoms with Crippen molar-refractivity contribution in [1.29, 1.82) is 0 Å². The van der Waals surface area contributed by atoms with E-state index in [2.05, 4.69) is 20.9 Å². The first-order chi connectivity index (χ1) is 4.74. The van der Waals surface area contributed by atoms with Crippen molar-refractivity contribution in [2.45, 2.75) is 6.92 Å². The van der Waals surface area contributed by atoms with Crippen LogP contribution in [0.5, 0.6) is 0 Å². The lowest BCUT2D eigenvalue weighted by Gasteiger charge is -1.90. The highest BCUT2D eigenvalue weighted by atomic mass is 79.9. The number of nitrogens with zero attached hydrogens (tertiary/aromatic N) is 2. The zero-order valence-corrected chi connectivity index (χ0v) is 7.59. The van der Waals surface area contributed by atoms with Crippen LogP contribution in [0.15, 0.2) is 16.9 Å². The van der Waals surface area contributed by atoms with Crippen molar-refractivity contribution < 1.29 is 0 Å². The molecule has 0 aliphatic carbocycles. The summed E-state index contributed by atoms with van der Waals surface area (Å²) in [6.07, 6.45) is 5.86. The van der Waals surface area contributed by atoms with Gasteiger partial charge in [-0.15, -0.1) is 0 Å². The van der Waals surface area contributed by atoms with Gasteiger partial charge in [0, 0.05) is 13.2 Å². The summed E-state index contributed by atoms with van der Waals surface area (Å²) in [4.78, 5) is 4.19. The zero-order valence-electron chi connectivity index (χ0n) is 6.00. The summed E-state index contributed by atoms with van der Waals surface area (Å²) in [7, 11) is 1.97. The maximum absolute atomic E-state index is 4.19. The van der Waals surface area contributed by atoms with Crippen LogP contribution in [0.3, 0.4) is 0 Å². The van der Waals surface area contributed by atoms with Gasteiger partial charge in [0.25, 0.3) is 0 Å². The van der Waals surface area contributed by atoms with E-state index in [0.29, 0.717) is 0 Å². The summed E-state index contributed by atoms with van der Waals surface area (Å²) in [6.45, 7) is 1.97. The van der Waals surface area contributed by atoms with E-state index in [1.54, 1.807) is 0 Å². The molecule has 0 atom stereocenters. The fourth-order valence-corrected chi connectivity index (χ4v) is 1.24. The van der Waals surface area contributed by atoms with Gasteiger partial charge >= 0.3 is 0 Å². The van der Waals surface area contributed by atoms with Gasteiger partial charge in [0.15, 0.2) is 0 Å². The van der Waals surface area contributed by atoms with Gasteiger partial charge in [0.1, 0.15) is 10.4 Å². The molecule has 0 bridgehead atoms. The predicted octanol–water partition coefficient (Wildman–Crippen LogP) is 2.22. The minimum Gasteiger partial charge on any atom is -0.333 e. The summed E-state index contributed by atoms with van der Waals surface area (Å²) < 4.78 is 2.84. The standard InChI is InChI=1S/C7H9BrN2/c1-3-4-7-9-6(8)5-10(7)2/h3-5H,1-2H3. The number of hydrogen-bond acceptors (Lipinski definition) is 1. The van der Waals surface area contributed by atoms with Gasteiger partial charge in [-0.05, 0) is 28.9 Å². The van der Waals surface area contributed by atoms with E-state index in [0.717, 1.165) is 10.4 Å². The molecule has 0 aliphatic heterocycles. The van der Waals surface area contributed by atoms with Crippen molar-refractivity contribution in [2.24, 2.45) is 7.05 Å². The molecule has 0 spiro atoms. The molecule has 0 amide bonds. The summed E-state index contributed by atoms with van der Waals surface area (Å²) >= 11 is 3.29. The Morgan fingerprint density at radius 3 is 2.80 bits per heavy atom. The van der Waals surface area contributed by atoms with Crippen molar-refractivity contribution in [3.63, 3.8) is 0 Å². The molecule has 54 valence electrons. The molecule has 0 unspecified atom stereocenters. The van der Waals surface area contributed by atoms with E-state index < -0.39 is 0 Å². The van der Waals surface area contributed by atoms with Crippen LogP contribution in [0.4, 0.5) is 0 Å². The van der Waals surface area contributed by atoms with Gasteiger partial charge in [-0.3, -0.25) is 0 Å². The number of hydrogen-bond donors (Lipinski definition) is 0. The molecular formula is C7H9BrN2. The average Bonchev–Trinajstić information content (AvgIpc) is 2.13. The minimum absolute atomic E-state index is 0.878. The number of allylic oxidation sites excluding steroid dienone is 1. The zero-order chi connectivity index (χ0) is 7.56. The number of halogens is 1. The summed E-state index contributed by atoms with van der Waals surface area (Å²) in [5.41, 5.74) is 0. The molecule has 0 saturated heterocycles. The molecule has 0 saturated carbocycles. The molecule has 1 aromatic rings. The molecule has 3 heteroatoms. The molecule has 10 heavy (non-hydrogen) atoms. The predicted molar refractivity (Wildman–Crippen MR) is 45.6 cm³/mol. The lowest BCUT2D eigenvalue weighted by Crippen LogP contribution is -1.87. The molecule has 0 N–H and O–H groups in total. The SMILES string of the molecule is CC=Cc1nc(Br)cn1C. The first-order valence-electron chi connectivity index (χ1n) is 3.05. The molecule has 0 aromatic carbocycles. The highest BCUT2D eigenvalue weighted by molar-refractivity contribution is 9.10. The lowest BCUT2D eigenvalue weighted by molar-refractivity contribution is 0.897. The normalized spacial score (nSPS) is 11.1. The van der Waals surface area contributed by atoms with E-state index in [-0.39, 0.29) is 0 Å². The van der Waals surface area contributed by atoms with E-state index in [1.807, 2.05) is 36.9 Å². The lowest BCUT2D eigenvalue weighted by atomic mass is 10.5. The maximum atomic E-state index is 4.19. The largest absolute Gasteiger partial charge is 0.333 e. The maximum Gasteiger partial charge on any atom is 0.133 e. The Labute approximate surface area is 68.7 Å². The first-order valence-corrected chi connectivity index (χ1v) is 3.85. The second-order valence-corrected chi connectivity index (χ2v) is 2.85. The van der Waals surface area contributed by atoms with Gasteiger partial charge in [-0.25, -0.2) is 4.98 Å². The third-order valence-corrected chi connectivity index (χ3v) is 1.58. The highest BCUT2D eigenvalue weighted by Gasteiger charge is 1.96. The van der Waals surface area contributed by atoms with Crippen LogP contribution in [-0.4, -0.2) is 9.55 Å². The number of rotatable bonds is 1. The Balaban J connectivity index is 3.03. The third kappa shape index (κ3) is 1.48. The van der Waals surface area contributed by atoms with Crippen LogP contribution in [0, 0.1) is 0 Å². The number of imidazole rings is 1. The van der Waals surface area contributed by atoms with Crippen molar-refractivity contribution in [3.05, 3.63) is 22.7 Å². The van der Waals surface area contributed by atoms with Gasteiger partial charge in [-0.2, -0.15) is 0 Å². The molecule has 0 aliphatic rings. The van der Waals surface area contributed by atoms with E-state index in [4.69, 9.17) is 0 Å². The van der Waals surface area contributed by atoms with Crippen molar-refractivity contribution in [3.8, 4) is 0 Å². The van der Waals surface area contributed by atoms with Crippen molar-refractivity contribution in [1.82, 2.24) is 9.55 Å². The summed E-state index contributed by atoms with van der Waals surface area (Å²) in [6, 6.07) is 0. The van der Waals surface area contributed by atoms with E-state index in [9.17, 15) is 0 Å². The molecule has 1 heterocycles. The first kappa shape index (κ1) is 7.54. The van der Waals surface area contributed by atoms with E-state index in [1.165, 1.54) is 0 Å². The monoisotopic (exact) mass is 200 g/mol. The molecular weight excluding hydrogens is 192 g/mol. The van der Waals surface area contributed by atoms with Crippen LogP contribution in [-0.2, 0) is 7.05 Å². The quantitative estimate of drug-likeness (QED) is 0.681. The van der Waals surface area contributed by atoms with Crippen molar-refractivity contribution in [2.75, 3.05) is 0 Å². The van der Waals surface area contributed by atoms with Crippen LogP contribution in [0.25, 0.3) is 6.08 Å². The Morgan fingerprint density at radius 2 is 2.40 bits per heavy atom. The van der Waals surface area contributed by atoms with Crippen LogP contribution in [0.1, 0.15) is 12.7 Å². The third-order valence-electron chi connectivity index (χ3n) is 1.20. The Morgan fingerprint density at radius 1 is 1.70 bits per heavy atom. The summed E-state index contributed by atoms with van der Waals surface area (Å²) in [5, 5.41) is 0. The smallest absolute Gasteiger partial charge is 0.133 e. The average molecular weight is 201 g/mol. The number of aryl methyl sites for hydroxylation is 1. The molecule has 1 aromatic heterocycles.